The van der Waals surface area contributed by atoms with Gasteiger partial charge in [-0.2, -0.15) is 0 Å². The van der Waals surface area contributed by atoms with Crippen molar-refractivity contribution < 1.29 is 18.1 Å². The molecule has 2 rings (SSSR count). The number of carbonyl (C=O) groups excluding carboxylic acids is 1. The van der Waals surface area contributed by atoms with E-state index in [2.05, 4.69) is 30.2 Å². The van der Waals surface area contributed by atoms with Gasteiger partial charge < -0.3 is 10.2 Å². The van der Waals surface area contributed by atoms with Crippen molar-refractivity contribution in [3.8, 4) is 0 Å². The van der Waals surface area contributed by atoms with E-state index in [9.17, 15) is 13.2 Å². The molecule has 0 fully saturated rings. The minimum atomic E-state index is -3.59. The maximum absolute atomic E-state index is 12.2. The van der Waals surface area contributed by atoms with E-state index in [-0.39, 0.29) is 23.8 Å². The average molecular weight is 391 g/mol. The minimum Gasteiger partial charge on any atom is -0.352 e. The summed E-state index contributed by atoms with van der Waals surface area (Å²) in [4.78, 5) is 13.6. The molecule has 0 unspecified atom stereocenters. The summed E-state index contributed by atoms with van der Waals surface area (Å²) in [6, 6.07) is 14.6. The number of amides is 1. The van der Waals surface area contributed by atoms with E-state index in [1.54, 1.807) is 24.3 Å². The van der Waals surface area contributed by atoms with Gasteiger partial charge in [0.15, 0.2) is 0 Å². The monoisotopic (exact) mass is 390 g/mol. The van der Waals surface area contributed by atoms with Crippen molar-refractivity contribution in [1.29, 1.82) is 0 Å². The first-order chi connectivity index (χ1) is 12.8. The molecule has 0 heterocycles. The molecule has 0 bridgehead atoms. The van der Waals surface area contributed by atoms with Crippen LogP contribution in [0.2, 0.25) is 0 Å². The van der Waals surface area contributed by atoms with E-state index >= 15 is 0 Å². The quantitative estimate of drug-likeness (QED) is 0.587. The van der Waals surface area contributed by atoms with Crippen LogP contribution in [-0.4, -0.2) is 35.0 Å². The molecule has 0 saturated heterocycles. The topological polar surface area (TPSA) is 79.7 Å². The molecule has 3 N–H and O–H groups in total. The predicted molar refractivity (Wildman–Crippen MR) is 106 cm³/mol. The summed E-state index contributed by atoms with van der Waals surface area (Å²) in [5.41, 5.74) is 3.26. The Morgan fingerprint density at radius 1 is 1.00 bits per heavy atom. The van der Waals surface area contributed by atoms with Gasteiger partial charge >= 0.3 is 0 Å². The third kappa shape index (κ3) is 6.78. The van der Waals surface area contributed by atoms with Gasteiger partial charge in [0.05, 0.1) is 19.0 Å². The highest BCUT2D eigenvalue weighted by atomic mass is 32.2. The largest absolute Gasteiger partial charge is 0.352 e. The summed E-state index contributed by atoms with van der Waals surface area (Å²) in [5, 5.41) is 2.86. The van der Waals surface area contributed by atoms with Crippen molar-refractivity contribution in [2.75, 3.05) is 20.6 Å². The molecule has 7 heteroatoms. The number of nitrogens with one attached hydrogen (secondary N) is 3. The SMILES string of the molecule is Cc1ccc(S(=O)(=O)NCCC(=O)NCc2ccccc2C[NH+](C)C)cc1. The van der Waals surface area contributed by atoms with Crippen molar-refractivity contribution >= 4 is 15.9 Å². The minimum absolute atomic E-state index is 0.0610. The Labute approximate surface area is 161 Å². The smallest absolute Gasteiger partial charge is 0.240 e. The molecule has 0 aliphatic rings. The van der Waals surface area contributed by atoms with Crippen LogP contribution in [0, 0.1) is 6.92 Å². The van der Waals surface area contributed by atoms with Gasteiger partial charge in [-0.3, -0.25) is 4.79 Å². The predicted octanol–water partition coefficient (Wildman–Crippen LogP) is 0.624. The lowest BCUT2D eigenvalue weighted by Crippen LogP contribution is -3.04. The van der Waals surface area contributed by atoms with Gasteiger partial charge in [0.25, 0.3) is 0 Å². The third-order valence-corrected chi connectivity index (χ3v) is 5.59. The van der Waals surface area contributed by atoms with Crippen LogP contribution in [-0.2, 0) is 27.9 Å². The van der Waals surface area contributed by atoms with Crippen LogP contribution >= 0.6 is 0 Å². The fraction of sp³-hybridized carbons (Fsp3) is 0.350. The van der Waals surface area contributed by atoms with Gasteiger partial charge in [-0.15, -0.1) is 0 Å². The first kappa shape index (κ1) is 21.1. The van der Waals surface area contributed by atoms with Gasteiger partial charge in [-0.25, -0.2) is 13.1 Å². The van der Waals surface area contributed by atoms with Crippen LogP contribution < -0.4 is 14.9 Å². The lowest BCUT2D eigenvalue weighted by atomic mass is 10.1. The fourth-order valence-corrected chi connectivity index (χ4v) is 3.70. The molecule has 0 atom stereocenters. The molecular weight excluding hydrogens is 362 g/mol. The van der Waals surface area contributed by atoms with Gasteiger partial charge in [0.1, 0.15) is 6.54 Å². The molecule has 0 spiro atoms. The summed E-state index contributed by atoms with van der Waals surface area (Å²) >= 11 is 0. The Kier molecular flexibility index (Phi) is 7.53. The van der Waals surface area contributed by atoms with Gasteiger partial charge in [0.2, 0.25) is 15.9 Å². The van der Waals surface area contributed by atoms with Crippen LogP contribution in [0.15, 0.2) is 53.4 Å². The molecule has 2 aromatic rings. The van der Waals surface area contributed by atoms with Gasteiger partial charge in [0, 0.05) is 25.1 Å². The van der Waals surface area contributed by atoms with E-state index < -0.39 is 10.0 Å². The average Bonchev–Trinajstić information content (AvgIpc) is 2.61. The van der Waals surface area contributed by atoms with Crippen molar-refractivity contribution in [1.82, 2.24) is 10.0 Å². The number of aryl methyl sites for hydroxylation is 1. The number of carbonyl (C=O) groups is 1. The molecule has 2 aromatic carbocycles. The highest BCUT2D eigenvalue weighted by Gasteiger charge is 2.14. The second-order valence-electron chi connectivity index (χ2n) is 6.89. The number of hydrogen-bond donors (Lipinski definition) is 3. The Morgan fingerprint density at radius 2 is 1.63 bits per heavy atom. The summed E-state index contributed by atoms with van der Waals surface area (Å²) in [6.07, 6.45) is 0.0895. The lowest BCUT2D eigenvalue weighted by molar-refractivity contribution is -0.872. The summed E-state index contributed by atoms with van der Waals surface area (Å²) in [5.74, 6) is -0.186. The summed E-state index contributed by atoms with van der Waals surface area (Å²) in [6.45, 7) is 3.27. The van der Waals surface area contributed by atoms with Gasteiger partial charge in [-0.1, -0.05) is 42.0 Å². The van der Waals surface area contributed by atoms with Crippen molar-refractivity contribution in [2.45, 2.75) is 31.3 Å². The number of quaternary nitrogens is 1. The van der Waals surface area contributed by atoms with E-state index in [0.717, 1.165) is 17.7 Å². The normalized spacial score (nSPS) is 11.6. The number of sulfonamides is 1. The molecular formula is C20H28N3O3S+. The van der Waals surface area contributed by atoms with Crippen LogP contribution in [0.1, 0.15) is 23.1 Å². The molecule has 6 nitrogen and oxygen atoms in total. The van der Waals surface area contributed by atoms with E-state index in [4.69, 9.17) is 0 Å². The summed E-state index contributed by atoms with van der Waals surface area (Å²) in [7, 11) is 0.565. The van der Waals surface area contributed by atoms with E-state index in [1.807, 2.05) is 25.1 Å². The Morgan fingerprint density at radius 3 is 2.26 bits per heavy atom. The zero-order valence-corrected chi connectivity index (χ0v) is 16.9. The molecule has 0 aromatic heterocycles. The second-order valence-corrected chi connectivity index (χ2v) is 8.66. The zero-order chi connectivity index (χ0) is 19.9. The highest BCUT2D eigenvalue weighted by Crippen LogP contribution is 2.10. The molecule has 1 amide bonds. The molecule has 0 aliphatic carbocycles. The molecule has 0 aliphatic heterocycles. The summed E-state index contributed by atoms with van der Waals surface area (Å²) < 4.78 is 26.9. The first-order valence-electron chi connectivity index (χ1n) is 8.97. The van der Waals surface area contributed by atoms with Crippen LogP contribution in [0.3, 0.4) is 0 Å². The first-order valence-corrected chi connectivity index (χ1v) is 10.4. The molecule has 0 radical (unpaired) electrons. The van der Waals surface area contributed by atoms with Crippen molar-refractivity contribution in [3.05, 3.63) is 65.2 Å². The number of hydrogen-bond acceptors (Lipinski definition) is 3. The third-order valence-electron chi connectivity index (χ3n) is 4.11. The lowest BCUT2D eigenvalue weighted by Gasteiger charge is -2.13. The zero-order valence-electron chi connectivity index (χ0n) is 16.1. The van der Waals surface area contributed by atoms with Crippen LogP contribution in [0.25, 0.3) is 0 Å². The van der Waals surface area contributed by atoms with Crippen molar-refractivity contribution in [2.24, 2.45) is 0 Å². The fourth-order valence-electron chi connectivity index (χ4n) is 2.67. The molecule has 0 saturated carbocycles. The highest BCUT2D eigenvalue weighted by molar-refractivity contribution is 7.89. The second kappa shape index (κ2) is 9.64. The number of benzene rings is 2. The van der Waals surface area contributed by atoms with E-state index in [1.165, 1.54) is 10.5 Å². The standard InChI is InChI=1S/C20H27N3O3S/c1-16-8-10-19(11-9-16)27(25,26)22-13-12-20(24)21-14-17-6-4-5-7-18(17)15-23(2)3/h4-11,22H,12-15H2,1-3H3,(H,21,24)/p+1. The van der Waals surface area contributed by atoms with Crippen LogP contribution in [0.4, 0.5) is 0 Å². The van der Waals surface area contributed by atoms with Crippen LogP contribution in [0.5, 0.6) is 0 Å². The van der Waals surface area contributed by atoms with Crippen molar-refractivity contribution in [3.63, 3.8) is 0 Å². The Bertz CT molecular complexity index is 862. The van der Waals surface area contributed by atoms with E-state index in [0.29, 0.717) is 6.54 Å². The molecule has 146 valence electrons. The maximum Gasteiger partial charge on any atom is 0.240 e. The number of rotatable bonds is 9. The molecule has 27 heavy (non-hydrogen) atoms. The van der Waals surface area contributed by atoms with Gasteiger partial charge in [-0.05, 0) is 24.6 Å². The Balaban J connectivity index is 1.82. The maximum atomic E-state index is 12.2. The Hall–Kier alpha value is -2.22.